The third kappa shape index (κ3) is 7.00. The van der Waals surface area contributed by atoms with Crippen molar-refractivity contribution in [1.82, 2.24) is 20.1 Å². The Bertz CT molecular complexity index is 1460. The molecule has 0 aliphatic carbocycles. The SMILES string of the molecule is CCN1CC(=O)N[C@H]2CN(C(=O)c3csc(N)n3)CC[C@@H]2OCc2cccc(c2)Oc2cc(OC(C)C)cc(c2)C1=O. The standard InChI is InChI=1S/C30H35N5O6S/c1-4-34-15-27(36)32-24-14-35(29(38)25-17-42-30(31)33-25)9-8-26(24)39-16-19-6-5-7-21(10-19)41-23-12-20(28(34)37)11-22(13-23)40-18(2)3/h5-7,10-13,17-18,24,26H,4,8-9,14-16H2,1-3H3,(H2,31,33)(H,32,36)/t24-,26-/m0/s1. The number of benzene rings is 2. The van der Waals surface area contributed by atoms with E-state index in [1.807, 2.05) is 45.0 Å². The molecule has 1 saturated heterocycles. The third-order valence-corrected chi connectivity index (χ3v) is 7.70. The van der Waals surface area contributed by atoms with Crippen LogP contribution in [0.1, 0.15) is 53.6 Å². The minimum atomic E-state index is -0.498. The highest BCUT2D eigenvalue weighted by Crippen LogP contribution is 2.30. The summed E-state index contributed by atoms with van der Waals surface area (Å²) >= 11 is 1.20. The number of piperidine rings is 1. The number of nitrogen functional groups attached to an aromatic ring is 1. The zero-order chi connectivity index (χ0) is 29.8. The van der Waals surface area contributed by atoms with E-state index in [0.717, 1.165) is 5.56 Å². The Kier molecular flexibility index (Phi) is 8.93. The summed E-state index contributed by atoms with van der Waals surface area (Å²) in [4.78, 5) is 47.3. The first-order valence-corrected chi connectivity index (χ1v) is 14.9. The summed E-state index contributed by atoms with van der Waals surface area (Å²) in [7, 11) is 0. The fourth-order valence-corrected chi connectivity index (χ4v) is 5.61. The average molecular weight is 594 g/mol. The Morgan fingerprint density at radius 1 is 1.21 bits per heavy atom. The molecule has 2 aliphatic heterocycles. The second kappa shape index (κ2) is 12.8. The minimum Gasteiger partial charge on any atom is -0.491 e. The summed E-state index contributed by atoms with van der Waals surface area (Å²) in [5.74, 6) is 0.587. The summed E-state index contributed by atoms with van der Waals surface area (Å²) in [6, 6.07) is 12.1. The van der Waals surface area contributed by atoms with Gasteiger partial charge in [0, 0.05) is 36.6 Å². The van der Waals surface area contributed by atoms with Crippen LogP contribution in [0.4, 0.5) is 5.13 Å². The molecule has 4 bridgehead atoms. The van der Waals surface area contributed by atoms with Crippen molar-refractivity contribution in [3.8, 4) is 17.2 Å². The summed E-state index contributed by atoms with van der Waals surface area (Å²) in [5.41, 5.74) is 7.24. The maximum Gasteiger partial charge on any atom is 0.273 e. The normalized spacial score (nSPS) is 19.6. The van der Waals surface area contributed by atoms with Crippen molar-refractivity contribution in [2.24, 2.45) is 0 Å². The van der Waals surface area contributed by atoms with E-state index in [9.17, 15) is 14.4 Å². The van der Waals surface area contributed by atoms with E-state index in [1.54, 1.807) is 28.5 Å². The number of likely N-dealkylation sites (tertiary alicyclic amines) is 1. The fourth-order valence-electron chi connectivity index (χ4n) is 5.07. The van der Waals surface area contributed by atoms with Gasteiger partial charge in [0.05, 0.1) is 31.4 Å². The van der Waals surface area contributed by atoms with Crippen LogP contribution >= 0.6 is 11.3 Å². The zero-order valence-corrected chi connectivity index (χ0v) is 24.7. The molecule has 222 valence electrons. The number of nitrogens with zero attached hydrogens (tertiary/aromatic N) is 3. The Morgan fingerprint density at radius 3 is 2.79 bits per heavy atom. The highest BCUT2D eigenvalue weighted by Gasteiger charge is 2.35. The van der Waals surface area contributed by atoms with E-state index < -0.39 is 6.04 Å². The van der Waals surface area contributed by atoms with Crippen LogP contribution in [0.2, 0.25) is 0 Å². The molecule has 1 fully saturated rings. The van der Waals surface area contributed by atoms with Crippen LogP contribution in [0.5, 0.6) is 17.2 Å². The molecular formula is C30H35N5O6S. The lowest BCUT2D eigenvalue weighted by Crippen LogP contribution is -2.58. The van der Waals surface area contributed by atoms with Gasteiger partial charge < -0.3 is 35.1 Å². The lowest BCUT2D eigenvalue weighted by Gasteiger charge is -2.38. The van der Waals surface area contributed by atoms with Crippen molar-refractivity contribution < 1.29 is 28.6 Å². The second-order valence-electron chi connectivity index (χ2n) is 10.6. The van der Waals surface area contributed by atoms with Crippen LogP contribution in [-0.4, -0.2) is 76.9 Å². The first-order valence-electron chi connectivity index (χ1n) is 14.0. The highest BCUT2D eigenvalue weighted by molar-refractivity contribution is 7.13. The summed E-state index contributed by atoms with van der Waals surface area (Å²) in [5, 5.41) is 4.98. The number of aromatic nitrogens is 1. The Hall–Kier alpha value is -4.16. The number of anilines is 1. The third-order valence-electron chi connectivity index (χ3n) is 7.02. The number of carbonyl (C=O) groups excluding carboxylic acids is 3. The summed E-state index contributed by atoms with van der Waals surface area (Å²) < 4.78 is 18.4. The molecule has 42 heavy (non-hydrogen) atoms. The predicted octanol–water partition coefficient (Wildman–Crippen LogP) is 3.70. The average Bonchev–Trinajstić information content (AvgIpc) is 3.40. The van der Waals surface area contributed by atoms with Gasteiger partial charge in [-0.1, -0.05) is 12.1 Å². The summed E-state index contributed by atoms with van der Waals surface area (Å²) in [6.07, 6.45) is 0.0362. The van der Waals surface area contributed by atoms with Gasteiger partial charge >= 0.3 is 0 Å². The van der Waals surface area contributed by atoms with Crippen molar-refractivity contribution in [2.75, 3.05) is 31.9 Å². The van der Waals surface area contributed by atoms with Crippen molar-refractivity contribution in [3.05, 3.63) is 64.7 Å². The molecule has 0 radical (unpaired) electrons. The number of hydrogen-bond donors (Lipinski definition) is 2. The molecule has 3 aromatic rings. The number of hydrogen-bond acceptors (Lipinski definition) is 9. The number of carbonyl (C=O) groups is 3. The summed E-state index contributed by atoms with van der Waals surface area (Å²) in [6.45, 7) is 6.71. The first-order chi connectivity index (χ1) is 20.2. The lowest BCUT2D eigenvalue weighted by atomic mass is 10.0. The van der Waals surface area contributed by atoms with Crippen LogP contribution < -0.4 is 20.5 Å². The zero-order valence-electron chi connectivity index (χ0n) is 23.9. The molecule has 12 heteroatoms. The second-order valence-corrected chi connectivity index (χ2v) is 11.5. The van der Waals surface area contributed by atoms with Gasteiger partial charge in [0.15, 0.2) is 5.13 Å². The van der Waals surface area contributed by atoms with Crippen LogP contribution in [0, 0.1) is 0 Å². The maximum absolute atomic E-state index is 13.6. The molecule has 0 saturated carbocycles. The highest BCUT2D eigenvalue weighted by atomic mass is 32.1. The smallest absolute Gasteiger partial charge is 0.273 e. The van der Waals surface area contributed by atoms with Gasteiger partial charge in [0.1, 0.15) is 22.9 Å². The molecule has 1 aromatic heterocycles. The van der Waals surface area contributed by atoms with Gasteiger partial charge in [-0.25, -0.2) is 4.98 Å². The predicted molar refractivity (Wildman–Crippen MR) is 158 cm³/mol. The molecule has 2 aliphatic rings. The Labute approximate surface area is 248 Å². The van der Waals surface area contributed by atoms with Crippen LogP contribution in [0.15, 0.2) is 47.8 Å². The van der Waals surface area contributed by atoms with Crippen molar-refractivity contribution in [2.45, 2.75) is 52.0 Å². The van der Waals surface area contributed by atoms with Gasteiger partial charge in [-0.2, -0.15) is 0 Å². The fraction of sp³-hybridized carbons (Fsp3) is 0.400. The molecule has 0 spiro atoms. The molecule has 0 unspecified atom stereocenters. The van der Waals surface area contributed by atoms with Crippen LogP contribution in [0.25, 0.3) is 0 Å². The van der Waals surface area contributed by atoms with E-state index in [4.69, 9.17) is 19.9 Å². The minimum absolute atomic E-state index is 0.114. The van der Waals surface area contributed by atoms with E-state index >= 15 is 0 Å². The van der Waals surface area contributed by atoms with E-state index in [2.05, 4.69) is 10.3 Å². The molecule has 3 heterocycles. The molecule has 3 N–H and O–H groups in total. The quantitative estimate of drug-likeness (QED) is 0.468. The number of rotatable bonds is 4. The van der Waals surface area contributed by atoms with Gasteiger partial charge in [0.2, 0.25) is 5.91 Å². The molecule has 2 atom stereocenters. The number of likely N-dealkylation sites (N-methyl/N-ethyl adjacent to an activating group) is 1. The first kappa shape index (κ1) is 29.3. The topological polar surface area (TPSA) is 136 Å². The lowest BCUT2D eigenvalue weighted by molar-refractivity contribution is -0.124. The van der Waals surface area contributed by atoms with E-state index in [1.165, 1.54) is 16.2 Å². The monoisotopic (exact) mass is 593 g/mol. The van der Waals surface area contributed by atoms with Gasteiger partial charge in [-0.05, 0) is 57.0 Å². The van der Waals surface area contributed by atoms with Gasteiger partial charge in [-0.15, -0.1) is 11.3 Å². The van der Waals surface area contributed by atoms with Gasteiger partial charge in [-0.3, -0.25) is 14.4 Å². The number of nitrogens with two attached hydrogens (primary N) is 1. The Morgan fingerprint density at radius 2 is 2.05 bits per heavy atom. The molecule has 11 nitrogen and oxygen atoms in total. The van der Waals surface area contributed by atoms with Crippen molar-refractivity contribution in [1.29, 1.82) is 0 Å². The molecule has 2 aromatic carbocycles. The van der Waals surface area contributed by atoms with Crippen molar-refractivity contribution >= 4 is 34.2 Å². The van der Waals surface area contributed by atoms with Crippen molar-refractivity contribution in [3.63, 3.8) is 0 Å². The Balaban J connectivity index is 1.45. The van der Waals surface area contributed by atoms with E-state index in [0.29, 0.717) is 47.5 Å². The number of thiazole rings is 1. The number of amides is 3. The number of nitrogens with one attached hydrogen (secondary N) is 1. The maximum atomic E-state index is 13.6. The molecule has 5 rings (SSSR count). The number of ether oxygens (including phenoxy) is 3. The molecule has 3 amide bonds. The number of fused-ring (bicyclic) bond motifs is 5. The van der Waals surface area contributed by atoms with Gasteiger partial charge in [0.25, 0.3) is 11.8 Å². The van der Waals surface area contributed by atoms with Crippen LogP contribution in [-0.2, 0) is 16.1 Å². The van der Waals surface area contributed by atoms with Crippen LogP contribution in [0.3, 0.4) is 0 Å². The van der Waals surface area contributed by atoms with E-state index in [-0.39, 0.29) is 55.3 Å². The molecular weight excluding hydrogens is 558 g/mol. The largest absolute Gasteiger partial charge is 0.491 e.